The highest BCUT2D eigenvalue weighted by Gasteiger charge is 2.05. The summed E-state index contributed by atoms with van der Waals surface area (Å²) in [4.78, 5) is 8.54. The zero-order valence-corrected chi connectivity index (χ0v) is 11.9. The van der Waals surface area contributed by atoms with Crippen molar-refractivity contribution in [2.24, 2.45) is 0 Å². The molecule has 0 spiro atoms. The van der Waals surface area contributed by atoms with Gasteiger partial charge in [0.1, 0.15) is 17.5 Å². The molecule has 2 rings (SSSR count). The number of nitrogens with two attached hydrogens (primary N) is 1. The fraction of sp³-hybridized carbons (Fsp3) is 0.286. The molecule has 0 saturated carbocycles. The summed E-state index contributed by atoms with van der Waals surface area (Å²) in [6, 6.07) is 10.1. The van der Waals surface area contributed by atoms with E-state index in [1.807, 2.05) is 12.1 Å². The molecular weight excluding hydrogens is 258 g/mol. The minimum atomic E-state index is 0.378. The van der Waals surface area contributed by atoms with Crippen molar-refractivity contribution in [1.82, 2.24) is 9.97 Å². The first-order valence-corrected chi connectivity index (χ1v) is 6.97. The molecule has 0 fully saturated rings. The van der Waals surface area contributed by atoms with Crippen LogP contribution in [0.25, 0.3) is 0 Å². The summed E-state index contributed by atoms with van der Waals surface area (Å²) in [6.07, 6.45) is 0. The SMILES string of the molecule is COCc1nc(N)cc(SCc2ccccc2C)n1. The lowest BCUT2D eigenvalue weighted by molar-refractivity contribution is 0.177. The summed E-state index contributed by atoms with van der Waals surface area (Å²) >= 11 is 1.66. The second-order valence-electron chi connectivity index (χ2n) is 4.20. The van der Waals surface area contributed by atoms with Crippen LogP contribution in [0.4, 0.5) is 5.82 Å². The number of nitrogens with zero attached hydrogens (tertiary/aromatic N) is 2. The lowest BCUT2D eigenvalue weighted by Gasteiger charge is -2.07. The summed E-state index contributed by atoms with van der Waals surface area (Å²) in [7, 11) is 1.62. The van der Waals surface area contributed by atoms with Crippen molar-refractivity contribution in [2.75, 3.05) is 12.8 Å². The van der Waals surface area contributed by atoms with Crippen LogP contribution in [0.3, 0.4) is 0 Å². The van der Waals surface area contributed by atoms with Gasteiger partial charge in [-0.2, -0.15) is 0 Å². The zero-order valence-electron chi connectivity index (χ0n) is 11.1. The number of benzene rings is 1. The molecule has 1 heterocycles. The van der Waals surface area contributed by atoms with Gasteiger partial charge in [0.05, 0.1) is 0 Å². The molecule has 0 aliphatic carbocycles. The molecule has 0 atom stereocenters. The number of aromatic nitrogens is 2. The van der Waals surface area contributed by atoms with Crippen LogP contribution < -0.4 is 5.73 Å². The molecule has 1 aromatic carbocycles. The maximum absolute atomic E-state index is 5.77. The Kier molecular flexibility index (Phi) is 4.76. The van der Waals surface area contributed by atoms with Crippen LogP contribution in [0, 0.1) is 6.92 Å². The normalized spacial score (nSPS) is 10.6. The molecule has 4 nitrogen and oxygen atoms in total. The minimum Gasteiger partial charge on any atom is -0.384 e. The van der Waals surface area contributed by atoms with E-state index in [4.69, 9.17) is 10.5 Å². The lowest BCUT2D eigenvalue weighted by Crippen LogP contribution is -2.02. The molecule has 0 saturated heterocycles. The number of rotatable bonds is 5. The second-order valence-corrected chi connectivity index (χ2v) is 5.19. The number of ether oxygens (including phenoxy) is 1. The number of nitrogen functional groups attached to an aromatic ring is 1. The van der Waals surface area contributed by atoms with Gasteiger partial charge in [-0.25, -0.2) is 9.97 Å². The molecule has 0 aliphatic heterocycles. The standard InChI is InChI=1S/C14H17N3OS/c1-10-5-3-4-6-11(10)9-19-14-7-12(15)16-13(17-14)8-18-2/h3-7H,8-9H2,1-2H3,(H2,15,16,17). The average Bonchev–Trinajstić information content (AvgIpc) is 2.37. The maximum Gasteiger partial charge on any atom is 0.157 e. The van der Waals surface area contributed by atoms with Gasteiger partial charge in [0.25, 0.3) is 0 Å². The Morgan fingerprint density at radius 3 is 2.79 bits per heavy atom. The van der Waals surface area contributed by atoms with Crippen molar-refractivity contribution in [3.63, 3.8) is 0 Å². The number of aryl methyl sites for hydroxylation is 1. The highest BCUT2D eigenvalue weighted by Crippen LogP contribution is 2.23. The molecule has 19 heavy (non-hydrogen) atoms. The van der Waals surface area contributed by atoms with E-state index >= 15 is 0 Å². The number of hydrogen-bond donors (Lipinski definition) is 1. The number of anilines is 1. The van der Waals surface area contributed by atoms with Crippen molar-refractivity contribution in [2.45, 2.75) is 24.3 Å². The van der Waals surface area contributed by atoms with E-state index in [-0.39, 0.29) is 0 Å². The van der Waals surface area contributed by atoms with E-state index in [0.29, 0.717) is 18.2 Å². The van der Waals surface area contributed by atoms with Gasteiger partial charge in [-0.05, 0) is 18.1 Å². The van der Waals surface area contributed by atoms with Crippen LogP contribution in [0.2, 0.25) is 0 Å². The van der Waals surface area contributed by atoms with Gasteiger partial charge < -0.3 is 10.5 Å². The molecule has 0 radical (unpaired) electrons. The summed E-state index contributed by atoms with van der Waals surface area (Å²) in [5.41, 5.74) is 8.36. The van der Waals surface area contributed by atoms with Crippen LogP contribution in [-0.2, 0) is 17.1 Å². The smallest absolute Gasteiger partial charge is 0.157 e. The van der Waals surface area contributed by atoms with Crippen molar-refractivity contribution in [1.29, 1.82) is 0 Å². The van der Waals surface area contributed by atoms with E-state index in [1.165, 1.54) is 11.1 Å². The van der Waals surface area contributed by atoms with Crippen LogP contribution in [0.5, 0.6) is 0 Å². The molecule has 5 heteroatoms. The van der Waals surface area contributed by atoms with Crippen molar-refractivity contribution < 1.29 is 4.74 Å². The molecule has 0 aliphatic rings. The molecular formula is C14H17N3OS. The van der Waals surface area contributed by atoms with Gasteiger partial charge in [0, 0.05) is 18.9 Å². The minimum absolute atomic E-state index is 0.378. The predicted molar refractivity (Wildman–Crippen MR) is 77.9 cm³/mol. The first kappa shape index (κ1) is 13.8. The third-order valence-electron chi connectivity index (χ3n) is 2.68. The largest absolute Gasteiger partial charge is 0.384 e. The van der Waals surface area contributed by atoms with Crippen molar-refractivity contribution in [3.05, 3.63) is 47.3 Å². The Morgan fingerprint density at radius 1 is 1.26 bits per heavy atom. The zero-order chi connectivity index (χ0) is 13.7. The van der Waals surface area contributed by atoms with E-state index < -0.39 is 0 Å². The summed E-state index contributed by atoms with van der Waals surface area (Å²) in [6.45, 7) is 2.49. The van der Waals surface area contributed by atoms with Crippen LogP contribution >= 0.6 is 11.8 Å². The highest BCUT2D eigenvalue weighted by molar-refractivity contribution is 7.98. The Hall–Kier alpha value is -1.59. The maximum atomic E-state index is 5.77. The topological polar surface area (TPSA) is 61.0 Å². The highest BCUT2D eigenvalue weighted by atomic mass is 32.2. The third kappa shape index (κ3) is 3.94. The molecule has 100 valence electrons. The third-order valence-corrected chi connectivity index (χ3v) is 3.64. The van der Waals surface area contributed by atoms with E-state index in [0.717, 1.165) is 10.8 Å². The fourth-order valence-electron chi connectivity index (χ4n) is 1.68. The Labute approximate surface area is 117 Å². The second kappa shape index (κ2) is 6.54. The lowest BCUT2D eigenvalue weighted by atomic mass is 10.1. The molecule has 0 bridgehead atoms. The predicted octanol–water partition coefficient (Wildman–Crippen LogP) is 2.81. The van der Waals surface area contributed by atoms with Gasteiger partial charge in [-0.1, -0.05) is 24.3 Å². The Balaban J connectivity index is 2.09. The summed E-state index contributed by atoms with van der Waals surface area (Å²) in [5.74, 6) is 1.97. The van der Waals surface area contributed by atoms with Crippen LogP contribution in [0.15, 0.2) is 35.4 Å². The number of thioether (sulfide) groups is 1. The van der Waals surface area contributed by atoms with Crippen LogP contribution in [0.1, 0.15) is 17.0 Å². The summed E-state index contributed by atoms with van der Waals surface area (Å²) < 4.78 is 5.03. The van der Waals surface area contributed by atoms with E-state index in [9.17, 15) is 0 Å². The van der Waals surface area contributed by atoms with Gasteiger partial charge >= 0.3 is 0 Å². The molecule has 0 amide bonds. The quantitative estimate of drug-likeness (QED) is 0.671. The Bertz CT molecular complexity index is 560. The van der Waals surface area contributed by atoms with Crippen molar-refractivity contribution in [3.8, 4) is 0 Å². The fourth-order valence-corrected chi connectivity index (χ4v) is 2.68. The van der Waals surface area contributed by atoms with Crippen LogP contribution in [-0.4, -0.2) is 17.1 Å². The number of methoxy groups -OCH3 is 1. The van der Waals surface area contributed by atoms with E-state index in [1.54, 1.807) is 24.9 Å². The first-order chi connectivity index (χ1) is 9.19. The summed E-state index contributed by atoms with van der Waals surface area (Å²) in [5, 5.41) is 0.878. The van der Waals surface area contributed by atoms with Gasteiger partial charge in [0.2, 0.25) is 0 Å². The molecule has 0 unspecified atom stereocenters. The molecule has 2 aromatic rings. The molecule has 2 N–H and O–H groups in total. The van der Waals surface area contributed by atoms with Crippen molar-refractivity contribution >= 4 is 17.6 Å². The van der Waals surface area contributed by atoms with Gasteiger partial charge in [-0.15, -0.1) is 11.8 Å². The number of hydrogen-bond acceptors (Lipinski definition) is 5. The van der Waals surface area contributed by atoms with Gasteiger partial charge in [-0.3, -0.25) is 0 Å². The monoisotopic (exact) mass is 275 g/mol. The Morgan fingerprint density at radius 2 is 2.05 bits per heavy atom. The molecule has 1 aromatic heterocycles. The van der Waals surface area contributed by atoms with Gasteiger partial charge in [0.15, 0.2) is 5.82 Å². The average molecular weight is 275 g/mol. The van der Waals surface area contributed by atoms with E-state index in [2.05, 4.69) is 29.0 Å². The first-order valence-electron chi connectivity index (χ1n) is 5.98.